The van der Waals surface area contributed by atoms with Crippen LogP contribution in [0, 0.1) is 0 Å². The lowest BCUT2D eigenvalue weighted by Gasteiger charge is -2.23. The van der Waals surface area contributed by atoms with Gasteiger partial charge in [0.1, 0.15) is 0 Å². The summed E-state index contributed by atoms with van der Waals surface area (Å²) in [6, 6.07) is 0. The lowest BCUT2D eigenvalue weighted by atomic mass is 10.1. The first-order valence-corrected chi connectivity index (χ1v) is 7.28. The molecule has 10 heteroatoms. The van der Waals surface area contributed by atoms with Crippen molar-refractivity contribution in [2.45, 2.75) is 45.3 Å². The number of esters is 2. The maximum absolute atomic E-state index is 11.8. The minimum atomic E-state index is -0.889. The Bertz CT molecular complexity index is 843. The van der Waals surface area contributed by atoms with Gasteiger partial charge in [0.05, 0.1) is 18.8 Å². The minimum Gasteiger partial charge on any atom is -0.456 e. The van der Waals surface area contributed by atoms with Crippen molar-refractivity contribution in [1.82, 2.24) is 19.5 Å². The third-order valence-electron chi connectivity index (χ3n) is 3.67. The molecule has 0 aliphatic carbocycles. The fraction of sp³-hybridized carbons (Fsp3) is 0.500. The average molecular weight is 336 g/mol. The number of carbonyl (C=O) groups excluding carboxylic acids is 2. The Morgan fingerprint density at radius 2 is 1.88 bits per heavy atom. The summed E-state index contributed by atoms with van der Waals surface area (Å²) in [7, 11) is 0. The van der Waals surface area contributed by atoms with Crippen LogP contribution in [0.3, 0.4) is 0 Å². The van der Waals surface area contributed by atoms with E-state index in [4.69, 9.17) is 14.2 Å². The van der Waals surface area contributed by atoms with E-state index in [9.17, 15) is 14.4 Å². The van der Waals surface area contributed by atoms with Gasteiger partial charge in [0.25, 0.3) is 5.56 Å². The quantitative estimate of drug-likeness (QED) is 0.770. The molecule has 0 saturated carbocycles. The number of rotatable bonds is 3. The van der Waals surface area contributed by atoms with Gasteiger partial charge in [-0.3, -0.25) is 19.0 Å². The summed E-state index contributed by atoms with van der Waals surface area (Å²) in [5, 5.41) is 0. The molecular weight excluding hydrogens is 320 g/mol. The third kappa shape index (κ3) is 2.75. The van der Waals surface area contributed by atoms with E-state index in [1.165, 1.54) is 31.1 Å². The molecule has 1 aliphatic heterocycles. The maximum Gasteiger partial charge on any atom is 0.303 e. The molecule has 0 spiro atoms. The van der Waals surface area contributed by atoms with Crippen LogP contribution in [0.15, 0.2) is 17.4 Å². The van der Waals surface area contributed by atoms with Crippen molar-refractivity contribution in [3.8, 4) is 0 Å². The zero-order chi connectivity index (χ0) is 17.4. The largest absolute Gasteiger partial charge is 0.456 e. The lowest BCUT2D eigenvalue weighted by Crippen LogP contribution is -2.38. The molecule has 24 heavy (non-hydrogen) atoms. The lowest BCUT2D eigenvalue weighted by molar-refractivity contribution is -0.165. The van der Waals surface area contributed by atoms with Crippen LogP contribution in [-0.4, -0.2) is 49.8 Å². The molecule has 2 aromatic rings. The molecule has 1 fully saturated rings. The van der Waals surface area contributed by atoms with Crippen LogP contribution in [0.2, 0.25) is 0 Å². The number of nitrogens with one attached hydrogen (secondary N) is 1. The SMILES string of the molecule is CC(=O)O[C@@H]1[C@H](OC(C)=O)[C@H](n2cnc3c(=O)[nH]cnc32)O[C@H]1C. The second-order valence-corrected chi connectivity index (χ2v) is 5.44. The van der Waals surface area contributed by atoms with Crippen molar-refractivity contribution in [2.24, 2.45) is 0 Å². The van der Waals surface area contributed by atoms with Crippen molar-refractivity contribution < 1.29 is 23.8 Å². The number of ether oxygens (including phenoxy) is 3. The number of fused-ring (bicyclic) bond motifs is 1. The Labute approximate surface area is 135 Å². The second-order valence-electron chi connectivity index (χ2n) is 5.44. The number of aromatic amines is 1. The van der Waals surface area contributed by atoms with Crippen molar-refractivity contribution in [3.05, 3.63) is 23.0 Å². The number of nitrogens with zero attached hydrogens (tertiary/aromatic N) is 3. The number of hydrogen-bond acceptors (Lipinski definition) is 8. The number of carbonyl (C=O) groups is 2. The Hall–Kier alpha value is -2.75. The molecule has 0 unspecified atom stereocenters. The highest BCUT2D eigenvalue weighted by atomic mass is 16.6. The van der Waals surface area contributed by atoms with E-state index in [1.807, 2.05) is 0 Å². The number of hydrogen-bond donors (Lipinski definition) is 1. The van der Waals surface area contributed by atoms with Gasteiger partial charge in [0, 0.05) is 13.8 Å². The normalized spacial score (nSPS) is 26.5. The van der Waals surface area contributed by atoms with E-state index in [1.54, 1.807) is 6.92 Å². The predicted octanol–water partition coefficient (Wildman–Crippen LogP) is -0.0997. The molecule has 128 valence electrons. The molecule has 0 amide bonds. The molecule has 0 aromatic carbocycles. The summed E-state index contributed by atoms with van der Waals surface area (Å²) >= 11 is 0. The predicted molar refractivity (Wildman–Crippen MR) is 78.8 cm³/mol. The van der Waals surface area contributed by atoms with Gasteiger partial charge in [-0.05, 0) is 6.92 Å². The first-order valence-electron chi connectivity index (χ1n) is 7.28. The van der Waals surface area contributed by atoms with Gasteiger partial charge < -0.3 is 19.2 Å². The van der Waals surface area contributed by atoms with E-state index in [0.29, 0.717) is 0 Å². The molecule has 1 N–H and O–H groups in total. The smallest absolute Gasteiger partial charge is 0.303 e. The molecule has 0 bridgehead atoms. The van der Waals surface area contributed by atoms with Crippen LogP contribution in [0.5, 0.6) is 0 Å². The minimum absolute atomic E-state index is 0.131. The van der Waals surface area contributed by atoms with E-state index in [2.05, 4.69) is 15.0 Å². The summed E-state index contributed by atoms with van der Waals surface area (Å²) < 4.78 is 17.8. The zero-order valence-corrected chi connectivity index (χ0v) is 13.3. The zero-order valence-electron chi connectivity index (χ0n) is 13.3. The van der Waals surface area contributed by atoms with Crippen molar-refractivity contribution in [2.75, 3.05) is 0 Å². The Balaban J connectivity index is 2.03. The van der Waals surface area contributed by atoms with Crippen LogP contribution in [0.4, 0.5) is 0 Å². The van der Waals surface area contributed by atoms with E-state index >= 15 is 0 Å². The Morgan fingerprint density at radius 3 is 2.54 bits per heavy atom. The molecule has 2 aromatic heterocycles. The summed E-state index contributed by atoms with van der Waals surface area (Å²) in [5.74, 6) is -1.06. The highest BCUT2D eigenvalue weighted by Gasteiger charge is 2.48. The topological polar surface area (TPSA) is 125 Å². The van der Waals surface area contributed by atoms with E-state index < -0.39 is 42.0 Å². The van der Waals surface area contributed by atoms with Gasteiger partial charge in [0.2, 0.25) is 0 Å². The molecule has 3 rings (SSSR count). The first-order chi connectivity index (χ1) is 11.4. The summed E-state index contributed by atoms with van der Waals surface area (Å²) in [6.45, 7) is 4.21. The number of imidazole rings is 1. The standard InChI is InChI=1S/C14H16N4O6/c1-6-10(23-7(2)19)11(24-8(3)20)14(22-6)18-5-17-9-12(18)15-4-16-13(9)21/h4-6,10-11,14H,1-3H3,(H,15,16,21)/t6-,10-,11-,14+/m0/s1. The van der Waals surface area contributed by atoms with Crippen LogP contribution in [-0.2, 0) is 23.8 Å². The summed E-state index contributed by atoms with van der Waals surface area (Å²) in [6.07, 6.45) is -0.409. The molecule has 1 saturated heterocycles. The van der Waals surface area contributed by atoms with E-state index in [0.717, 1.165) is 0 Å². The molecule has 3 heterocycles. The third-order valence-corrected chi connectivity index (χ3v) is 3.67. The fourth-order valence-electron chi connectivity index (χ4n) is 2.75. The Morgan fingerprint density at radius 1 is 1.21 bits per heavy atom. The van der Waals surface area contributed by atoms with Gasteiger partial charge in [-0.25, -0.2) is 9.97 Å². The molecule has 1 aliphatic rings. The molecule has 0 radical (unpaired) electrons. The highest BCUT2D eigenvalue weighted by Crippen LogP contribution is 2.34. The van der Waals surface area contributed by atoms with Gasteiger partial charge in [-0.1, -0.05) is 0 Å². The van der Waals surface area contributed by atoms with Crippen LogP contribution in [0.25, 0.3) is 11.2 Å². The summed E-state index contributed by atoms with van der Waals surface area (Å²) in [5.41, 5.74) is 0.00760. The fourth-order valence-corrected chi connectivity index (χ4v) is 2.75. The molecule has 4 atom stereocenters. The van der Waals surface area contributed by atoms with Gasteiger partial charge in [-0.2, -0.15) is 0 Å². The van der Waals surface area contributed by atoms with Crippen molar-refractivity contribution in [1.29, 1.82) is 0 Å². The van der Waals surface area contributed by atoms with Crippen LogP contribution in [0.1, 0.15) is 27.0 Å². The van der Waals surface area contributed by atoms with Crippen LogP contribution >= 0.6 is 0 Å². The second kappa shape index (κ2) is 6.04. The van der Waals surface area contributed by atoms with Gasteiger partial charge in [-0.15, -0.1) is 0 Å². The monoisotopic (exact) mass is 336 g/mol. The van der Waals surface area contributed by atoms with Gasteiger partial charge in [0.15, 0.2) is 29.6 Å². The number of aromatic nitrogens is 4. The maximum atomic E-state index is 11.8. The number of H-pyrrole nitrogens is 1. The van der Waals surface area contributed by atoms with E-state index in [-0.39, 0.29) is 11.2 Å². The Kier molecular flexibility index (Phi) is 4.06. The molecule has 10 nitrogen and oxygen atoms in total. The first kappa shape index (κ1) is 16.1. The molecular formula is C14H16N4O6. The highest BCUT2D eigenvalue weighted by molar-refractivity contribution is 5.69. The van der Waals surface area contributed by atoms with Crippen LogP contribution < -0.4 is 5.56 Å². The van der Waals surface area contributed by atoms with Crippen molar-refractivity contribution >= 4 is 23.1 Å². The van der Waals surface area contributed by atoms with Gasteiger partial charge >= 0.3 is 11.9 Å². The average Bonchev–Trinajstić information content (AvgIpc) is 3.03. The van der Waals surface area contributed by atoms with Crippen molar-refractivity contribution in [3.63, 3.8) is 0 Å². The summed E-state index contributed by atoms with van der Waals surface area (Å²) in [4.78, 5) is 45.1.